The van der Waals surface area contributed by atoms with Crippen molar-refractivity contribution in [3.63, 3.8) is 0 Å². The number of rotatable bonds is 4. The third-order valence-corrected chi connectivity index (χ3v) is 0.660. The molecule has 48 valence electrons. The van der Waals surface area contributed by atoms with Crippen LogP contribution in [0, 0.1) is 0 Å². The zero-order valence-corrected chi connectivity index (χ0v) is 4.92. The zero-order chi connectivity index (χ0) is 6.41. The van der Waals surface area contributed by atoms with Gasteiger partial charge in [-0.25, -0.2) is 5.90 Å². The molecule has 8 heavy (non-hydrogen) atoms. The molecule has 4 nitrogen and oxygen atoms in total. The van der Waals surface area contributed by atoms with E-state index in [1.165, 1.54) is 0 Å². The molecule has 0 aromatic heterocycles. The van der Waals surface area contributed by atoms with E-state index in [4.69, 9.17) is 10.9 Å². The Hall–Kier alpha value is -0.0951. The van der Waals surface area contributed by atoms with E-state index in [-0.39, 0.29) is 0 Å². The maximum atomic E-state index is 8.57. The summed E-state index contributed by atoms with van der Waals surface area (Å²) >= 11 is 0. The SMILES string of the molecule is CB(O)NCCON. The lowest BCUT2D eigenvalue weighted by atomic mass is 9.89. The van der Waals surface area contributed by atoms with E-state index < -0.39 is 7.05 Å². The molecule has 0 aliphatic carbocycles. The number of nitrogens with two attached hydrogens (primary N) is 1. The first-order valence-electron chi connectivity index (χ1n) is 2.50. The fourth-order valence-electron chi connectivity index (χ4n) is 0.327. The summed E-state index contributed by atoms with van der Waals surface area (Å²) in [5.41, 5.74) is 0. The summed E-state index contributed by atoms with van der Waals surface area (Å²) in [5.74, 6) is 4.69. The van der Waals surface area contributed by atoms with E-state index in [0.717, 1.165) is 0 Å². The van der Waals surface area contributed by atoms with Crippen molar-refractivity contribution in [3.8, 4) is 0 Å². The molecule has 0 fully saturated rings. The van der Waals surface area contributed by atoms with Crippen molar-refractivity contribution in [1.82, 2.24) is 5.23 Å². The third kappa shape index (κ3) is 5.90. The van der Waals surface area contributed by atoms with Crippen LogP contribution < -0.4 is 11.1 Å². The molecule has 0 aromatic carbocycles. The Morgan fingerprint density at radius 2 is 2.50 bits per heavy atom. The van der Waals surface area contributed by atoms with E-state index >= 15 is 0 Å². The smallest absolute Gasteiger partial charge is 0.373 e. The number of nitrogens with one attached hydrogen (secondary N) is 1. The van der Waals surface area contributed by atoms with E-state index in [9.17, 15) is 0 Å². The van der Waals surface area contributed by atoms with Crippen LogP contribution in [0.3, 0.4) is 0 Å². The maximum Gasteiger partial charge on any atom is 0.373 e. The average Bonchev–Trinajstić information content (AvgIpc) is 1.66. The lowest BCUT2D eigenvalue weighted by Gasteiger charge is -2.00. The summed E-state index contributed by atoms with van der Waals surface area (Å²) in [6.45, 7) is 2.63. The third-order valence-electron chi connectivity index (χ3n) is 0.660. The van der Waals surface area contributed by atoms with Crippen molar-refractivity contribution in [2.75, 3.05) is 13.2 Å². The largest absolute Gasteiger partial charge is 0.437 e. The van der Waals surface area contributed by atoms with E-state index in [1.807, 2.05) is 0 Å². The quantitative estimate of drug-likeness (QED) is 0.240. The van der Waals surface area contributed by atoms with Crippen LogP contribution in [0.5, 0.6) is 0 Å². The predicted molar refractivity (Wildman–Crippen MR) is 32.0 cm³/mol. The van der Waals surface area contributed by atoms with Gasteiger partial charge in [0.1, 0.15) is 0 Å². The van der Waals surface area contributed by atoms with Crippen LogP contribution in [-0.4, -0.2) is 25.2 Å². The Labute approximate surface area is 49.1 Å². The molecule has 0 aliphatic rings. The molecule has 0 saturated heterocycles. The molecular weight excluding hydrogens is 107 g/mol. The molecule has 0 atom stereocenters. The summed E-state index contributed by atoms with van der Waals surface area (Å²) < 4.78 is 0. The number of hydrogen-bond acceptors (Lipinski definition) is 4. The van der Waals surface area contributed by atoms with Gasteiger partial charge in [-0.15, -0.1) is 0 Å². The van der Waals surface area contributed by atoms with Crippen LogP contribution in [0.4, 0.5) is 0 Å². The molecule has 0 heterocycles. The topological polar surface area (TPSA) is 67.5 Å². The van der Waals surface area contributed by atoms with Crippen molar-refractivity contribution in [2.24, 2.45) is 5.90 Å². The fourth-order valence-corrected chi connectivity index (χ4v) is 0.327. The van der Waals surface area contributed by atoms with Crippen LogP contribution in [0.2, 0.25) is 6.82 Å². The molecule has 0 radical (unpaired) electrons. The molecule has 0 aromatic rings. The fraction of sp³-hybridized carbons (Fsp3) is 1.00. The first kappa shape index (κ1) is 7.90. The lowest BCUT2D eigenvalue weighted by molar-refractivity contribution is 0.142. The molecular formula is C3H11BN2O2. The van der Waals surface area contributed by atoms with Crippen LogP contribution >= 0.6 is 0 Å². The number of hydrogen-bond donors (Lipinski definition) is 3. The van der Waals surface area contributed by atoms with Gasteiger partial charge >= 0.3 is 7.05 Å². The van der Waals surface area contributed by atoms with Crippen molar-refractivity contribution in [1.29, 1.82) is 0 Å². The maximum absolute atomic E-state index is 8.57. The highest BCUT2D eigenvalue weighted by Crippen LogP contribution is 1.64. The Morgan fingerprint density at radius 1 is 1.88 bits per heavy atom. The second kappa shape index (κ2) is 5.05. The van der Waals surface area contributed by atoms with Gasteiger partial charge in [0.2, 0.25) is 0 Å². The first-order valence-corrected chi connectivity index (χ1v) is 2.50. The second-order valence-corrected chi connectivity index (χ2v) is 1.50. The predicted octanol–water partition coefficient (Wildman–Crippen LogP) is -1.42. The Morgan fingerprint density at radius 3 is 2.88 bits per heavy atom. The Bertz CT molecular complexity index is 52.5. The van der Waals surface area contributed by atoms with Gasteiger partial charge in [-0.05, 0) is 6.82 Å². The highest BCUT2D eigenvalue weighted by molar-refractivity contribution is 6.45. The molecule has 0 saturated carbocycles. The molecule has 4 N–H and O–H groups in total. The molecule has 0 unspecified atom stereocenters. The van der Waals surface area contributed by atoms with Gasteiger partial charge in [0.15, 0.2) is 0 Å². The summed E-state index contributed by atoms with van der Waals surface area (Å²) in [6, 6.07) is 0. The lowest BCUT2D eigenvalue weighted by Crippen LogP contribution is -2.33. The minimum absolute atomic E-state index is 0.422. The summed E-state index contributed by atoms with van der Waals surface area (Å²) in [6.07, 6.45) is 0. The van der Waals surface area contributed by atoms with Crippen LogP contribution in [0.1, 0.15) is 0 Å². The van der Waals surface area contributed by atoms with Gasteiger partial charge in [-0.3, -0.25) is 0 Å². The molecule has 5 heteroatoms. The summed E-state index contributed by atoms with van der Waals surface area (Å²) in [5, 5.41) is 11.3. The molecule has 0 rings (SSSR count). The van der Waals surface area contributed by atoms with Crippen molar-refractivity contribution in [3.05, 3.63) is 0 Å². The Kier molecular flexibility index (Phi) is 4.99. The molecule has 0 aliphatic heterocycles. The van der Waals surface area contributed by atoms with Gasteiger partial charge in [0.05, 0.1) is 6.61 Å². The highest BCUT2D eigenvalue weighted by Gasteiger charge is 1.97. The molecule has 0 amide bonds. The normalized spacial score (nSPS) is 9.38. The zero-order valence-electron chi connectivity index (χ0n) is 4.92. The van der Waals surface area contributed by atoms with E-state index in [2.05, 4.69) is 10.1 Å². The van der Waals surface area contributed by atoms with Crippen molar-refractivity contribution >= 4 is 7.05 Å². The van der Waals surface area contributed by atoms with Gasteiger partial charge in [0.25, 0.3) is 0 Å². The van der Waals surface area contributed by atoms with Gasteiger partial charge in [-0.2, -0.15) is 0 Å². The Balaban J connectivity index is 2.72. The minimum Gasteiger partial charge on any atom is -0.437 e. The average molecular weight is 118 g/mol. The minimum atomic E-state index is -0.481. The summed E-state index contributed by atoms with van der Waals surface area (Å²) in [7, 11) is -0.481. The van der Waals surface area contributed by atoms with Crippen LogP contribution in [-0.2, 0) is 4.84 Å². The van der Waals surface area contributed by atoms with Gasteiger partial charge in [0, 0.05) is 6.54 Å². The van der Waals surface area contributed by atoms with E-state index in [0.29, 0.717) is 13.2 Å². The first-order chi connectivity index (χ1) is 3.77. The molecule has 0 bridgehead atoms. The summed E-state index contributed by atoms with van der Waals surface area (Å²) in [4.78, 5) is 4.22. The van der Waals surface area contributed by atoms with Crippen molar-refractivity contribution < 1.29 is 9.86 Å². The van der Waals surface area contributed by atoms with Crippen molar-refractivity contribution in [2.45, 2.75) is 6.82 Å². The molecule has 0 spiro atoms. The van der Waals surface area contributed by atoms with E-state index in [1.54, 1.807) is 6.82 Å². The van der Waals surface area contributed by atoms with Gasteiger partial charge in [-0.1, -0.05) is 0 Å². The van der Waals surface area contributed by atoms with Crippen LogP contribution in [0.15, 0.2) is 0 Å². The van der Waals surface area contributed by atoms with Crippen LogP contribution in [0.25, 0.3) is 0 Å². The highest BCUT2D eigenvalue weighted by atomic mass is 16.6. The standard InChI is InChI=1S/C3H11BN2O2/c1-4(7)6-2-3-8-5/h6-7H,2-3,5H2,1H3. The van der Waals surface area contributed by atoms with Gasteiger partial charge < -0.3 is 15.1 Å². The monoisotopic (exact) mass is 118 g/mol. The second-order valence-electron chi connectivity index (χ2n) is 1.50.